The van der Waals surface area contributed by atoms with Crippen LogP contribution in [-0.2, 0) is 0 Å². The smallest absolute Gasteiger partial charge is 0.253 e. The molecule has 3 rings (SSSR count). The Kier molecular flexibility index (Phi) is 7.16. The number of hydrogen-bond donors (Lipinski definition) is 1. The van der Waals surface area contributed by atoms with Gasteiger partial charge in [-0.15, -0.1) is 0 Å². The van der Waals surface area contributed by atoms with E-state index in [-0.39, 0.29) is 17.7 Å². The van der Waals surface area contributed by atoms with E-state index >= 15 is 0 Å². The number of piperazine rings is 1. The minimum Gasteiger partial charge on any atom is -0.508 e. The average Bonchev–Trinajstić information content (AvgIpc) is 2.73. The number of benzene rings is 2. The Labute approximate surface area is 180 Å². The largest absolute Gasteiger partial charge is 0.508 e. The predicted molar refractivity (Wildman–Crippen MR) is 122 cm³/mol. The van der Waals surface area contributed by atoms with Crippen LogP contribution in [0.1, 0.15) is 55.2 Å². The fraction of sp³-hybridized carbons (Fsp3) is 0.480. The van der Waals surface area contributed by atoms with Crippen LogP contribution >= 0.6 is 0 Å². The van der Waals surface area contributed by atoms with Crippen LogP contribution < -0.4 is 0 Å². The molecule has 0 unspecified atom stereocenters. The average molecular weight is 410 g/mol. The monoisotopic (exact) mass is 409 g/mol. The molecule has 0 radical (unpaired) electrons. The molecule has 1 saturated heterocycles. The number of rotatable bonds is 6. The first-order chi connectivity index (χ1) is 14.3. The van der Waals surface area contributed by atoms with Crippen LogP contribution in [0.25, 0.3) is 0 Å². The highest BCUT2D eigenvalue weighted by Gasteiger charge is 2.33. The van der Waals surface area contributed by atoms with Crippen LogP contribution in [-0.4, -0.2) is 71.0 Å². The number of carbonyl (C=O) groups excluding carboxylic acids is 1. The standard InChI is InChI=1S/C25H35N3O2/c1-6-27(7-2)25(30)21-13-11-20(12-14-21)24(22-9-8-10-23(29)15-22)28-17-18(3)26(5)16-19(28)4/h8-15,18-19,24,29H,6-7,16-17H2,1-5H3/t18-,19+,24+/m0/s1. The molecule has 162 valence electrons. The van der Waals surface area contributed by atoms with Crippen molar-refractivity contribution in [1.82, 2.24) is 14.7 Å². The number of hydrogen-bond acceptors (Lipinski definition) is 4. The summed E-state index contributed by atoms with van der Waals surface area (Å²) in [5.74, 6) is 0.350. The maximum Gasteiger partial charge on any atom is 0.253 e. The highest BCUT2D eigenvalue weighted by Crippen LogP contribution is 2.34. The van der Waals surface area contributed by atoms with Crippen molar-refractivity contribution < 1.29 is 9.90 Å². The van der Waals surface area contributed by atoms with Gasteiger partial charge in [-0.1, -0.05) is 24.3 Å². The Morgan fingerprint density at radius 3 is 2.30 bits per heavy atom. The molecule has 1 N–H and O–H groups in total. The van der Waals surface area contributed by atoms with E-state index in [2.05, 4.69) is 48.9 Å². The number of carbonyl (C=O) groups is 1. The number of amides is 1. The second-order valence-electron chi connectivity index (χ2n) is 8.43. The fourth-order valence-corrected chi connectivity index (χ4v) is 4.46. The molecule has 0 spiro atoms. The number of phenols is 1. The van der Waals surface area contributed by atoms with Crippen molar-refractivity contribution in [3.05, 3.63) is 65.2 Å². The minimum atomic E-state index is 0.0286. The van der Waals surface area contributed by atoms with Crippen LogP contribution in [0.2, 0.25) is 0 Å². The van der Waals surface area contributed by atoms with Gasteiger partial charge in [-0.3, -0.25) is 9.69 Å². The lowest BCUT2D eigenvalue weighted by atomic mass is 9.93. The zero-order chi connectivity index (χ0) is 21.8. The lowest BCUT2D eigenvalue weighted by molar-refractivity contribution is 0.0389. The second kappa shape index (κ2) is 9.63. The van der Waals surface area contributed by atoms with Gasteiger partial charge in [-0.25, -0.2) is 0 Å². The molecule has 2 aromatic carbocycles. The van der Waals surface area contributed by atoms with Crippen molar-refractivity contribution in [2.45, 2.75) is 45.8 Å². The normalized spacial score (nSPS) is 21.4. The van der Waals surface area contributed by atoms with E-state index in [9.17, 15) is 9.90 Å². The van der Waals surface area contributed by atoms with E-state index in [1.54, 1.807) is 6.07 Å². The van der Waals surface area contributed by atoms with E-state index in [0.29, 0.717) is 25.2 Å². The molecule has 0 saturated carbocycles. The Bertz CT molecular complexity index is 848. The SMILES string of the molecule is CCN(CC)C(=O)c1ccc([C@H](c2cccc(O)c2)N2C[C@H](C)N(C)C[C@H]2C)cc1. The molecule has 1 fully saturated rings. The summed E-state index contributed by atoms with van der Waals surface area (Å²) in [5, 5.41) is 10.1. The van der Waals surface area contributed by atoms with Crippen molar-refractivity contribution >= 4 is 5.91 Å². The molecule has 0 aromatic heterocycles. The summed E-state index contributed by atoms with van der Waals surface area (Å²) in [6.07, 6.45) is 0. The van der Waals surface area contributed by atoms with Gasteiger partial charge >= 0.3 is 0 Å². The lowest BCUT2D eigenvalue weighted by Crippen LogP contribution is -2.55. The molecule has 2 aromatic rings. The summed E-state index contributed by atoms with van der Waals surface area (Å²) >= 11 is 0. The first-order valence-electron chi connectivity index (χ1n) is 11.0. The zero-order valence-electron chi connectivity index (χ0n) is 18.9. The van der Waals surface area contributed by atoms with Gasteiger partial charge in [-0.2, -0.15) is 0 Å². The minimum absolute atomic E-state index is 0.0286. The van der Waals surface area contributed by atoms with Gasteiger partial charge in [0, 0.05) is 43.8 Å². The second-order valence-corrected chi connectivity index (χ2v) is 8.43. The Balaban J connectivity index is 1.97. The summed E-state index contributed by atoms with van der Waals surface area (Å²) in [6, 6.07) is 16.4. The van der Waals surface area contributed by atoms with Crippen LogP contribution in [0.4, 0.5) is 0 Å². The van der Waals surface area contributed by atoms with Gasteiger partial charge < -0.3 is 14.9 Å². The molecule has 1 aliphatic rings. The topological polar surface area (TPSA) is 47.0 Å². The summed E-state index contributed by atoms with van der Waals surface area (Å²) in [4.78, 5) is 19.5. The van der Waals surface area contributed by atoms with E-state index in [0.717, 1.165) is 29.8 Å². The Hall–Kier alpha value is -2.37. The molecule has 1 heterocycles. The Morgan fingerprint density at radius 1 is 1.03 bits per heavy atom. The number of aromatic hydroxyl groups is 1. The molecule has 5 heteroatoms. The van der Waals surface area contributed by atoms with Gasteiger partial charge in [0.1, 0.15) is 5.75 Å². The van der Waals surface area contributed by atoms with Gasteiger partial charge in [0.15, 0.2) is 0 Å². The first kappa shape index (κ1) is 22.3. The van der Waals surface area contributed by atoms with Crippen LogP contribution in [0.15, 0.2) is 48.5 Å². The van der Waals surface area contributed by atoms with Crippen LogP contribution in [0.5, 0.6) is 5.75 Å². The molecule has 5 nitrogen and oxygen atoms in total. The molecule has 0 bridgehead atoms. The zero-order valence-corrected chi connectivity index (χ0v) is 18.9. The molecule has 3 atom stereocenters. The lowest BCUT2D eigenvalue weighted by Gasteiger charge is -2.46. The number of phenolic OH excluding ortho intramolecular Hbond substituents is 1. The van der Waals surface area contributed by atoms with E-state index in [4.69, 9.17) is 0 Å². The highest BCUT2D eigenvalue weighted by atomic mass is 16.3. The third-order valence-corrected chi connectivity index (χ3v) is 6.39. The molecule has 0 aliphatic carbocycles. The van der Waals surface area contributed by atoms with E-state index in [1.807, 2.05) is 43.0 Å². The quantitative estimate of drug-likeness (QED) is 0.784. The van der Waals surface area contributed by atoms with Crippen molar-refractivity contribution in [3.63, 3.8) is 0 Å². The van der Waals surface area contributed by atoms with Crippen molar-refractivity contribution in [2.24, 2.45) is 0 Å². The first-order valence-corrected chi connectivity index (χ1v) is 11.0. The van der Waals surface area contributed by atoms with Gasteiger partial charge in [-0.05, 0) is 70.1 Å². The third-order valence-electron chi connectivity index (χ3n) is 6.39. The van der Waals surface area contributed by atoms with Crippen LogP contribution in [0.3, 0.4) is 0 Å². The number of nitrogens with zero attached hydrogens (tertiary/aromatic N) is 3. The van der Waals surface area contributed by atoms with Crippen molar-refractivity contribution in [3.8, 4) is 5.75 Å². The maximum absolute atomic E-state index is 12.7. The fourth-order valence-electron chi connectivity index (χ4n) is 4.46. The van der Waals surface area contributed by atoms with Gasteiger partial charge in [0.25, 0.3) is 5.91 Å². The third kappa shape index (κ3) is 4.68. The molecular weight excluding hydrogens is 374 g/mol. The number of likely N-dealkylation sites (N-methyl/N-ethyl adjacent to an activating group) is 1. The highest BCUT2D eigenvalue weighted by molar-refractivity contribution is 5.94. The van der Waals surface area contributed by atoms with E-state index in [1.165, 1.54) is 0 Å². The van der Waals surface area contributed by atoms with E-state index < -0.39 is 0 Å². The van der Waals surface area contributed by atoms with Crippen molar-refractivity contribution in [1.29, 1.82) is 0 Å². The summed E-state index contributed by atoms with van der Waals surface area (Å²) in [6.45, 7) is 11.9. The van der Waals surface area contributed by atoms with Crippen molar-refractivity contribution in [2.75, 3.05) is 33.2 Å². The van der Waals surface area contributed by atoms with Gasteiger partial charge in [0.05, 0.1) is 6.04 Å². The summed E-state index contributed by atoms with van der Waals surface area (Å²) < 4.78 is 0. The maximum atomic E-state index is 12.7. The van der Waals surface area contributed by atoms with Crippen LogP contribution in [0, 0.1) is 0 Å². The molecule has 1 aliphatic heterocycles. The predicted octanol–water partition coefficient (Wildman–Crippen LogP) is 3.99. The molecular formula is C25H35N3O2. The summed E-state index contributed by atoms with van der Waals surface area (Å²) in [5.41, 5.74) is 2.93. The Morgan fingerprint density at radius 2 is 1.70 bits per heavy atom. The van der Waals surface area contributed by atoms with Gasteiger partial charge in [0.2, 0.25) is 0 Å². The molecule has 30 heavy (non-hydrogen) atoms. The summed E-state index contributed by atoms with van der Waals surface area (Å²) in [7, 11) is 2.18. The molecule has 1 amide bonds.